The summed E-state index contributed by atoms with van der Waals surface area (Å²) in [7, 11) is 0. The summed E-state index contributed by atoms with van der Waals surface area (Å²) in [5.74, 6) is -0.173. The predicted octanol–water partition coefficient (Wildman–Crippen LogP) is 4.50. The van der Waals surface area contributed by atoms with Crippen LogP contribution in [-0.2, 0) is 6.42 Å². The third kappa shape index (κ3) is 4.46. The normalized spacial score (nSPS) is 12.3. The van der Waals surface area contributed by atoms with Gasteiger partial charge in [-0.05, 0) is 49.1 Å². The number of hydrogen-bond acceptors (Lipinski definition) is 1. The summed E-state index contributed by atoms with van der Waals surface area (Å²) in [5.41, 5.74) is 2.54. The molecule has 2 heteroatoms. The molecule has 0 spiro atoms. The minimum Gasteiger partial charge on any atom is -0.310 e. The molecule has 0 saturated heterocycles. The van der Waals surface area contributed by atoms with Crippen LogP contribution in [0.15, 0.2) is 54.6 Å². The molecule has 0 heterocycles. The van der Waals surface area contributed by atoms with E-state index in [4.69, 9.17) is 0 Å². The molecule has 2 aromatic carbocycles. The second-order valence-electron chi connectivity index (χ2n) is 5.06. The van der Waals surface area contributed by atoms with Gasteiger partial charge in [-0.2, -0.15) is 0 Å². The maximum atomic E-state index is 12.9. The quantitative estimate of drug-likeness (QED) is 0.731. The zero-order valence-electron chi connectivity index (χ0n) is 12.0. The summed E-state index contributed by atoms with van der Waals surface area (Å²) in [6.45, 7) is 3.13. The topological polar surface area (TPSA) is 12.0 Å². The van der Waals surface area contributed by atoms with E-state index in [1.165, 1.54) is 17.7 Å². The Morgan fingerprint density at radius 3 is 2.35 bits per heavy atom. The lowest BCUT2D eigenvalue weighted by Gasteiger charge is -2.17. The molecule has 1 atom stereocenters. The van der Waals surface area contributed by atoms with Gasteiger partial charge in [0.1, 0.15) is 5.82 Å². The lowest BCUT2D eigenvalue weighted by atomic mass is 10.0. The van der Waals surface area contributed by atoms with Crippen LogP contribution in [0, 0.1) is 5.82 Å². The zero-order valence-corrected chi connectivity index (χ0v) is 12.0. The van der Waals surface area contributed by atoms with Gasteiger partial charge in [0.2, 0.25) is 0 Å². The van der Waals surface area contributed by atoms with Crippen LogP contribution < -0.4 is 5.32 Å². The fourth-order valence-corrected chi connectivity index (χ4v) is 2.41. The Labute approximate surface area is 120 Å². The summed E-state index contributed by atoms with van der Waals surface area (Å²) in [6, 6.07) is 17.6. The molecule has 0 fully saturated rings. The van der Waals surface area contributed by atoms with E-state index < -0.39 is 0 Å². The Morgan fingerprint density at radius 2 is 1.70 bits per heavy atom. The van der Waals surface area contributed by atoms with Crippen LogP contribution in [0.2, 0.25) is 0 Å². The van der Waals surface area contributed by atoms with Crippen molar-refractivity contribution in [3.05, 3.63) is 71.5 Å². The average molecular weight is 271 g/mol. The van der Waals surface area contributed by atoms with E-state index in [0.29, 0.717) is 6.04 Å². The Bertz CT molecular complexity index is 493. The molecule has 0 aliphatic rings. The summed E-state index contributed by atoms with van der Waals surface area (Å²) in [5, 5.41) is 3.55. The van der Waals surface area contributed by atoms with Crippen molar-refractivity contribution in [2.75, 3.05) is 6.54 Å². The first-order valence-corrected chi connectivity index (χ1v) is 7.32. The van der Waals surface area contributed by atoms with E-state index in [9.17, 15) is 4.39 Å². The molecular formula is C18H22FN. The summed E-state index contributed by atoms with van der Waals surface area (Å²) in [6.07, 6.45) is 3.21. The number of nitrogens with one attached hydrogen (secondary N) is 1. The average Bonchev–Trinajstić information content (AvgIpc) is 2.50. The molecule has 20 heavy (non-hydrogen) atoms. The highest BCUT2D eigenvalue weighted by Gasteiger charge is 2.07. The fraction of sp³-hybridized carbons (Fsp3) is 0.333. The van der Waals surface area contributed by atoms with Crippen molar-refractivity contribution in [3.8, 4) is 0 Å². The highest BCUT2D eigenvalue weighted by Crippen LogP contribution is 2.17. The van der Waals surface area contributed by atoms with Gasteiger partial charge >= 0.3 is 0 Å². The van der Waals surface area contributed by atoms with Gasteiger partial charge in [-0.3, -0.25) is 0 Å². The van der Waals surface area contributed by atoms with Crippen LogP contribution in [0.5, 0.6) is 0 Å². The third-order valence-corrected chi connectivity index (χ3v) is 3.56. The number of benzene rings is 2. The predicted molar refractivity (Wildman–Crippen MR) is 82.2 cm³/mol. The first kappa shape index (κ1) is 14.7. The van der Waals surface area contributed by atoms with Gasteiger partial charge in [0.05, 0.1) is 0 Å². The Morgan fingerprint density at radius 1 is 1.00 bits per heavy atom. The molecule has 0 aliphatic carbocycles. The maximum Gasteiger partial charge on any atom is 0.123 e. The van der Waals surface area contributed by atoms with Crippen LogP contribution in [0.4, 0.5) is 4.39 Å². The maximum absolute atomic E-state index is 12.9. The van der Waals surface area contributed by atoms with Gasteiger partial charge < -0.3 is 5.32 Å². The first-order valence-electron chi connectivity index (χ1n) is 7.32. The summed E-state index contributed by atoms with van der Waals surface area (Å²) in [4.78, 5) is 0. The minimum atomic E-state index is -0.173. The van der Waals surface area contributed by atoms with Crippen LogP contribution >= 0.6 is 0 Å². The van der Waals surface area contributed by atoms with E-state index in [1.54, 1.807) is 0 Å². The molecule has 1 N–H and O–H groups in total. The largest absolute Gasteiger partial charge is 0.310 e. The minimum absolute atomic E-state index is 0.173. The lowest BCUT2D eigenvalue weighted by molar-refractivity contribution is 0.509. The van der Waals surface area contributed by atoms with Gasteiger partial charge in [-0.15, -0.1) is 0 Å². The van der Waals surface area contributed by atoms with E-state index in [0.717, 1.165) is 31.4 Å². The molecule has 0 aromatic heterocycles. The van der Waals surface area contributed by atoms with Gasteiger partial charge in [0, 0.05) is 6.04 Å². The highest BCUT2D eigenvalue weighted by atomic mass is 19.1. The molecule has 0 aliphatic heterocycles. The van der Waals surface area contributed by atoms with Crippen molar-refractivity contribution in [1.29, 1.82) is 0 Å². The van der Waals surface area contributed by atoms with Crippen molar-refractivity contribution >= 4 is 0 Å². The van der Waals surface area contributed by atoms with Crippen molar-refractivity contribution in [2.45, 2.75) is 32.2 Å². The molecule has 0 bridgehead atoms. The van der Waals surface area contributed by atoms with Gasteiger partial charge in [-0.1, -0.05) is 49.4 Å². The zero-order chi connectivity index (χ0) is 14.2. The van der Waals surface area contributed by atoms with E-state index in [2.05, 4.69) is 36.5 Å². The lowest BCUT2D eigenvalue weighted by Crippen LogP contribution is -2.22. The van der Waals surface area contributed by atoms with Crippen molar-refractivity contribution in [3.63, 3.8) is 0 Å². The van der Waals surface area contributed by atoms with Gasteiger partial charge in [-0.25, -0.2) is 4.39 Å². The smallest absolute Gasteiger partial charge is 0.123 e. The summed E-state index contributed by atoms with van der Waals surface area (Å²) >= 11 is 0. The van der Waals surface area contributed by atoms with Crippen molar-refractivity contribution < 1.29 is 4.39 Å². The van der Waals surface area contributed by atoms with Crippen LogP contribution in [0.3, 0.4) is 0 Å². The molecule has 1 unspecified atom stereocenters. The fourth-order valence-electron chi connectivity index (χ4n) is 2.41. The molecule has 0 amide bonds. The summed E-state index contributed by atoms with van der Waals surface area (Å²) < 4.78 is 12.9. The van der Waals surface area contributed by atoms with E-state index in [1.807, 2.05) is 18.2 Å². The first-order chi connectivity index (χ1) is 9.79. The SMILES string of the molecule is CCC(NCCCc1ccccc1)c1ccc(F)cc1. The van der Waals surface area contributed by atoms with Crippen LogP contribution in [0.1, 0.15) is 36.9 Å². The Balaban J connectivity index is 1.78. The number of aryl methyl sites for hydroxylation is 1. The second-order valence-corrected chi connectivity index (χ2v) is 5.06. The number of halogens is 1. The molecule has 2 aromatic rings. The molecule has 1 nitrogen and oxygen atoms in total. The number of hydrogen-bond donors (Lipinski definition) is 1. The van der Waals surface area contributed by atoms with Crippen LogP contribution in [0.25, 0.3) is 0 Å². The number of rotatable bonds is 7. The molecule has 0 saturated carbocycles. The van der Waals surface area contributed by atoms with E-state index >= 15 is 0 Å². The molecule has 106 valence electrons. The van der Waals surface area contributed by atoms with Crippen molar-refractivity contribution in [2.24, 2.45) is 0 Å². The molecule has 2 rings (SSSR count). The molecular weight excluding hydrogens is 249 g/mol. The van der Waals surface area contributed by atoms with Gasteiger partial charge in [0.25, 0.3) is 0 Å². The third-order valence-electron chi connectivity index (χ3n) is 3.56. The van der Waals surface area contributed by atoms with E-state index in [-0.39, 0.29) is 5.82 Å². The van der Waals surface area contributed by atoms with Crippen molar-refractivity contribution in [1.82, 2.24) is 5.32 Å². The molecule has 0 radical (unpaired) electrons. The standard InChI is InChI=1S/C18H22FN/c1-2-18(16-10-12-17(19)13-11-16)20-14-6-9-15-7-4-3-5-8-15/h3-5,7-8,10-13,18,20H,2,6,9,14H2,1H3. The monoisotopic (exact) mass is 271 g/mol. The Kier molecular flexibility index (Phi) is 5.75. The second kappa shape index (κ2) is 7.81. The Hall–Kier alpha value is -1.67. The van der Waals surface area contributed by atoms with Gasteiger partial charge in [0.15, 0.2) is 0 Å². The highest BCUT2D eigenvalue weighted by molar-refractivity contribution is 5.20. The van der Waals surface area contributed by atoms with Crippen LogP contribution in [-0.4, -0.2) is 6.54 Å².